The van der Waals surface area contributed by atoms with Crippen LogP contribution in [-0.4, -0.2) is 12.1 Å². The summed E-state index contributed by atoms with van der Waals surface area (Å²) in [6.45, 7) is 2.86. The average Bonchev–Trinajstić information content (AvgIpc) is 2.42. The van der Waals surface area contributed by atoms with Crippen LogP contribution in [0.2, 0.25) is 0 Å². The maximum Gasteiger partial charge on any atom is 0.125 e. The van der Waals surface area contributed by atoms with Gasteiger partial charge in [0.05, 0.1) is 0 Å². The Labute approximate surface area is 115 Å². The zero-order valence-corrected chi connectivity index (χ0v) is 11.8. The highest BCUT2D eigenvalue weighted by atomic mass is 19.1. The predicted octanol–water partition coefficient (Wildman–Crippen LogP) is 3.93. The lowest BCUT2D eigenvalue weighted by atomic mass is 9.75. The van der Waals surface area contributed by atoms with Crippen molar-refractivity contribution in [3.05, 3.63) is 30.1 Å². The van der Waals surface area contributed by atoms with Crippen molar-refractivity contribution >= 4 is 5.69 Å². The van der Waals surface area contributed by atoms with E-state index in [2.05, 4.69) is 12.2 Å². The fraction of sp³-hybridized carbons (Fsp3) is 0.625. The molecule has 1 saturated carbocycles. The van der Waals surface area contributed by atoms with E-state index in [1.807, 2.05) is 6.07 Å². The molecule has 1 aliphatic carbocycles. The largest absolute Gasteiger partial charge is 0.378 e. The van der Waals surface area contributed by atoms with Gasteiger partial charge in [0.1, 0.15) is 5.82 Å². The fourth-order valence-electron chi connectivity index (χ4n) is 3.18. The molecule has 3 heteroatoms. The first-order valence-corrected chi connectivity index (χ1v) is 7.41. The zero-order chi connectivity index (χ0) is 13.7. The molecule has 0 heterocycles. The van der Waals surface area contributed by atoms with Gasteiger partial charge < -0.3 is 11.1 Å². The van der Waals surface area contributed by atoms with Gasteiger partial charge >= 0.3 is 0 Å². The molecule has 0 aliphatic heterocycles. The Hall–Kier alpha value is -1.09. The molecule has 0 unspecified atom stereocenters. The highest BCUT2D eigenvalue weighted by Crippen LogP contribution is 2.36. The third kappa shape index (κ3) is 3.69. The molecule has 1 fully saturated rings. The summed E-state index contributed by atoms with van der Waals surface area (Å²) in [5, 5.41) is 3.48. The Morgan fingerprint density at radius 1 is 1.37 bits per heavy atom. The molecule has 1 aromatic carbocycles. The second-order valence-corrected chi connectivity index (χ2v) is 5.85. The van der Waals surface area contributed by atoms with Gasteiger partial charge in [-0.2, -0.15) is 0 Å². The van der Waals surface area contributed by atoms with Gasteiger partial charge in [-0.3, -0.25) is 0 Å². The smallest absolute Gasteiger partial charge is 0.125 e. The van der Waals surface area contributed by atoms with Crippen molar-refractivity contribution in [1.29, 1.82) is 0 Å². The minimum atomic E-state index is -0.197. The SMILES string of the molecule is CCCC1CCC(CN)(Nc2cccc(F)c2)CC1. The van der Waals surface area contributed by atoms with Gasteiger partial charge in [0.25, 0.3) is 0 Å². The van der Waals surface area contributed by atoms with E-state index in [-0.39, 0.29) is 11.4 Å². The van der Waals surface area contributed by atoms with Crippen LogP contribution in [0, 0.1) is 11.7 Å². The van der Waals surface area contributed by atoms with E-state index < -0.39 is 0 Å². The van der Waals surface area contributed by atoms with Crippen LogP contribution < -0.4 is 11.1 Å². The predicted molar refractivity (Wildman–Crippen MR) is 78.7 cm³/mol. The van der Waals surface area contributed by atoms with Gasteiger partial charge in [-0.15, -0.1) is 0 Å². The second-order valence-electron chi connectivity index (χ2n) is 5.85. The molecule has 0 saturated heterocycles. The molecule has 0 radical (unpaired) electrons. The lowest BCUT2D eigenvalue weighted by molar-refractivity contribution is 0.247. The average molecular weight is 264 g/mol. The molecule has 0 spiro atoms. The van der Waals surface area contributed by atoms with Crippen molar-refractivity contribution in [1.82, 2.24) is 0 Å². The highest BCUT2D eigenvalue weighted by molar-refractivity contribution is 5.46. The van der Waals surface area contributed by atoms with Gasteiger partial charge in [-0.05, 0) is 49.8 Å². The lowest BCUT2D eigenvalue weighted by Crippen LogP contribution is -2.48. The molecule has 1 aromatic rings. The number of rotatable bonds is 5. The van der Waals surface area contributed by atoms with E-state index in [4.69, 9.17) is 5.73 Å². The van der Waals surface area contributed by atoms with Crippen LogP contribution in [0.5, 0.6) is 0 Å². The summed E-state index contributed by atoms with van der Waals surface area (Å²) in [7, 11) is 0. The maximum absolute atomic E-state index is 13.2. The third-order valence-electron chi connectivity index (χ3n) is 4.38. The normalized spacial score (nSPS) is 27.2. The summed E-state index contributed by atoms with van der Waals surface area (Å²) >= 11 is 0. The molecule has 2 rings (SSSR count). The monoisotopic (exact) mass is 264 g/mol. The number of halogens is 1. The van der Waals surface area contributed by atoms with Crippen LogP contribution in [0.25, 0.3) is 0 Å². The van der Waals surface area contributed by atoms with Crippen molar-refractivity contribution < 1.29 is 4.39 Å². The van der Waals surface area contributed by atoms with E-state index in [9.17, 15) is 4.39 Å². The molecule has 3 N–H and O–H groups in total. The molecular formula is C16H25FN2. The summed E-state index contributed by atoms with van der Waals surface area (Å²) in [4.78, 5) is 0. The Morgan fingerprint density at radius 2 is 2.11 bits per heavy atom. The first kappa shape index (κ1) is 14.3. The zero-order valence-electron chi connectivity index (χ0n) is 11.8. The molecule has 19 heavy (non-hydrogen) atoms. The van der Waals surface area contributed by atoms with E-state index >= 15 is 0 Å². The summed E-state index contributed by atoms with van der Waals surface area (Å²) in [6, 6.07) is 6.68. The Morgan fingerprint density at radius 3 is 2.68 bits per heavy atom. The summed E-state index contributed by atoms with van der Waals surface area (Å²) in [6.07, 6.45) is 7.22. The summed E-state index contributed by atoms with van der Waals surface area (Å²) in [5.41, 5.74) is 6.79. The first-order chi connectivity index (χ1) is 9.17. The van der Waals surface area contributed by atoms with Crippen molar-refractivity contribution in [3.8, 4) is 0 Å². The number of nitrogens with one attached hydrogen (secondary N) is 1. The van der Waals surface area contributed by atoms with Crippen LogP contribution >= 0.6 is 0 Å². The molecule has 106 valence electrons. The molecule has 2 nitrogen and oxygen atoms in total. The lowest BCUT2D eigenvalue weighted by Gasteiger charge is -2.41. The molecule has 0 atom stereocenters. The van der Waals surface area contributed by atoms with Crippen LogP contribution in [0.3, 0.4) is 0 Å². The molecular weight excluding hydrogens is 239 g/mol. The van der Waals surface area contributed by atoms with E-state index in [1.165, 1.54) is 31.7 Å². The van der Waals surface area contributed by atoms with Gasteiger partial charge in [-0.25, -0.2) is 4.39 Å². The summed E-state index contributed by atoms with van der Waals surface area (Å²) in [5.74, 6) is 0.649. The van der Waals surface area contributed by atoms with E-state index in [0.29, 0.717) is 6.54 Å². The fourth-order valence-corrected chi connectivity index (χ4v) is 3.18. The van der Waals surface area contributed by atoms with Crippen LogP contribution in [-0.2, 0) is 0 Å². The van der Waals surface area contributed by atoms with Crippen LogP contribution in [0.4, 0.5) is 10.1 Å². The number of nitrogens with two attached hydrogens (primary N) is 1. The molecule has 0 aromatic heterocycles. The van der Waals surface area contributed by atoms with Gasteiger partial charge in [-0.1, -0.05) is 25.8 Å². The quantitative estimate of drug-likeness (QED) is 0.845. The molecule has 1 aliphatic rings. The van der Waals surface area contributed by atoms with Gasteiger partial charge in [0, 0.05) is 17.8 Å². The van der Waals surface area contributed by atoms with Crippen molar-refractivity contribution in [3.63, 3.8) is 0 Å². The number of benzene rings is 1. The maximum atomic E-state index is 13.2. The van der Waals surface area contributed by atoms with Crippen molar-refractivity contribution in [2.24, 2.45) is 11.7 Å². The highest BCUT2D eigenvalue weighted by Gasteiger charge is 2.33. The van der Waals surface area contributed by atoms with Crippen molar-refractivity contribution in [2.45, 2.75) is 51.0 Å². The standard InChI is InChI=1S/C16H25FN2/c1-2-4-13-7-9-16(12-18,10-8-13)19-15-6-3-5-14(17)11-15/h3,5-6,11,13,19H,2,4,7-10,12,18H2,1H3. The molecule has 0 bridgehead atoms. The third-order valence-corrected chi connectivity index (χ3v) is 4.38. The Bertz CT molecular complexity index is 397. The first-order valence-electron chi connectivity index (χ1n) is 7.41. The van der Waals surface area contributed by atoms with E-state index in [1.54, 1.807) is 12.1 Å². The molecule has 0 amide bonds. The van der Waals surface area contributed by atoms with E-state index in [0.717, 1.165) is 24.4 Å². The van der Waals surface area contributed by atoms with Crippen molar-refractivity contribution in [2.75, 3.05) is 11.9 Å². The number of hydrogen-bond donors (Lipinski definition) is 2. The Kier molecular flexibility index (Phi) is 4.81. The van der Waals surface area contributed by atoms with Gasteiger partial charge in [0.15, 0.2) is 0 Å². The minimum absolute atomic E-state index is 0.0436. The minimum Gasteiger partial charge on any atom is -0.378 e. The topological polar surface area (TPSA) is 38.0 Å². The van der Waals surface area contributed by atoms with Crippen LogP contribution in [0.15, 0.2) is 24.3 Å². The second kappa shape index (κ2) is 6.38. The number of hydrogen-bond acceptors (Lipinski definition) is 2. The van der Waals surface area contributed by atoms with Gasteiger partial charge in [0.2, 0.25) is 0 Å². The summed E-state index contributed by atoms with van der Waals surface area (Å²) < 4.78 is 13.2. The van der Waals surface area contributed by atoms with Crippen LogP contribution in [0.1, 0.15) is 45.4 Å². The Balaban J connectivity index is 2.00. The number of anilines is 1.